The van der Waals surface area contributed by atoms with Gasteiger partial charge in [-0.3, -0.25) is 4.79 Å². The van der Waals surface area contributed by atoms with E-state index in [0.717, 1.165) is 44.8 Å². The third kappa shape index (κ3) is 4.91. The lowest BCUT2D eigenvalue weighted by atomic mass is 9.88. The molecule has 27 heavy (non-hydrogen) atoms. The van der Waals surface area contributed by atoms with Crippen LogP contribution < -0.4 is 10.6 Å². The zero-order chi connectivity index (χ0) is 18.5. The van der Waals surface area contributed by atoms with Crippen LogP contribution in [0.5, 0.6) is 0 Å². The Morgan fingerprint density at radius 1 is 1.00 bits per heavy atom. The standard InChI is InChI=1S/C23H35N3O/c27-23(21-11-14-24-22(21)19-9-5-2-6-10-19)25-20-12-15-26(16-13-20)17-18-7-3-1-4-8-18/h2,5-6,9-10,18,20-22,24H,1,3-4,7-8,11-17H2,(H,25,27). The molecule has 4 rings (SSSR count). The minimum absolute atomic E-state index is 0.0627. The summed E-state index contributed by atoms with van der Waals surface area (Å²) in [7, 11) is 0. The number of hydrogen-bond donors (Lipinski definition) is 2. The molecule has 1 aromatic carbocycles. The molecule has 2 atom stereocenters. The van der Waals surface area contributed by atoms with Gasteiger partial charge in [-0.2, -0.15) is 0 Å². The number of benzene rings is 1. The number of carbonyl (C=O) groups excluding carboxylic acids is 1. The average molecular weight is 370 g/mol. The van der Waals surface area contributed by atoms with E-state index in [0.29, 0.717) is 6.04 Å². The molecule has 0 bridgehead atoms. The van der Waals surface area contributed by atoms with Gasteiger partial charge in [-0.15, -0.1) is 0 Å². The van der Waals surface area contributed by atoms with E-state index in [4.69, 9.17) is 0 Å². The number of carbonyl (C=O) groups is 1. The Kier molecular flexibility index (Phi) is 6.46. The molecule has 0 radical (unpaired) electrons. The van der Waals surface area contributed by atoms with Crippen molar-refractivity contribution < 1.29 is 4.79 Å². The van der Waals surface area contributed by atoms with Crippen LogP contribution in [0.25, 0.3) is 0 Å². The molecule has 1 amide bonds. The van der Waals surface area contributed by atoms with E-state index in [1.807, 2.05) is 6.07 Å². The molecule has 4 heteroatoms. The Balaban J connectivity index is 1.24. The van der Waals surface area contributed by atoms with Crippen molar-refractivity contribution in [1.82, 2.24) is 15.5 Å². The molecule has 2 heterocycles. The first kappa shape index (κ1) is 18.9. The largest absolute Gasteiger partial charge is 0.353 e. The van der Waals surface area contributed by atoms with Crippen LogP contribution in [0.3, 0.4) is 0 Å². The van der Waals surface area contributed by atoms with E-state index in [1.165, 1.54) is 44.2 Å². The minimum Gasteiger partial charge on any atom is -0.353 e. The molecule has 0 spiro atoms. The van der Waals surface area contributed by atoms with Gasteiger partial charge < -0.3 is 15.5 Å². The molecule has 3 fully saturated rings. The van der Waals surface area contributed by atoms with Crippen LogP contribution in [-0.2, 0) is 4.79 Å². The highest BCUT2D eigenvalue weighted by molar-refractivity contribution is 5.80. The SMILES string of the molecule is O=C(NC1CCN(CC2CCCCC2)CC1)C1CCNC1c1ccccc1. The van der Waals surface area contributed by atoms with Gasteiger partial charge in [0, 0.05) is 31.7 Å². The van der Waals surface area contributed by atoms with Gasteiger partial charge in [0.05, 0.1) is 5.92 Å². The minimum atomic E-state index is 0.0627. The molecule has 3 aliphatic rings. The van der Waals surface area contributed by atoms with Crippen molar-refractivity contribution in [1.29, 1.82) is 0 Å². The number of hydrogen-bond acceptors (Lipinski definition) is 3. The maximum absolute atomic E-state index is 12.9. The van der Waals surface area contributed by atoms with Crippen molar-refractivity contribution in [3.63, 3.8) is 0 Å². The summed E-state index contributed by atoms with van der Waals surface area (Å²) in [4.78, 5) is 15.6. The summed E-state index contributed by atoms with van der Waals surface area (Å²) in [5, 5.41) is 6.90. The van der Waals surface area contributed by atoms with E-state index in [2.05, 4.69) is 39.8 Å². The van der Waals surface area contributed by atoms with Crippen LogP contribution in [-0.4, -0.2) is 43.0 Å². The quantitative estimate of drug-likeness (QED) is 0.835. The van der Waals surface area contributed by atoms with Gasteiger partial charge in [0.15, 0.2) is 0 Å². The Labute approximate surface area is 164 Å². The van der Waals surface area contributed by atoms with Gasteiger partial charge in [-0.05, 0) is 50.1 Å². The zero-order valence-corrected chi connectivity index (χ0v) is 16.5. The van der Waals surface area contributed by atoms with Crippen LogP contribution in [0.15, 0.2) is 30.3 Å². The third-order valence-corrected chi connectivity index (χ3v) is 6.89. The van der Waals surface area contributed by atoms with Gasteiger partial charge in [0.1, 0.15) is 0 Å². The second-order valence-electron chi connectivity index (χ2n) is 8.83. The van der Waals surface area contributed by atoms with Gasteiger partial charge in [-0.1, -0.05) is 49.6 Å². The lowest BCUT2D eigenvalue weighted by molar-refractivity contribution is -0.126. The first-order valence-electron chi connectivity index (χ1n) is 11.1. The number of likely N-dealkylation sites (tertiary alicyclic amines) is 1. The van der Waals surface area contributed by atoms with Crippen LogP contribution in [0.2, 0.25) is 0 Å². The summed E-state index contributed by atoms with van der Waals surface area (Å²) in [6.45, 7) is 4.50. The monoisotopic (exact) mass is 369 g/mol. The molecule has 0 aromatic heterocycles. The van der Waals surface area contributed by atoms with Crippen LogP contribution in [0.4, 0.5) is 0 Å². The lowest BCUT2D eigenvalue weighted by Gasteiger charge is -2.36. The molecule has 2 unspecified atom stereocenters. The average Bonchev–Trinajstić information content (AvgIpc) is 3.21. The topological polar surface area (TPSA) is 44.4 Å². The fourth-order valence-corrected chi connectivity index (χ4v) is 5.30. The predicted molar refractivity (Wildman–Crippen MR) is 109 cm³/mol. The van der Waals surface area contributed by atoms with E-state index >= 15 is 0 Å². The van der Waals surface area contributed by atoms with Gasteiger partial charge in [-0.25, -0.2) is 0 Å². The molecule has 4 nitrogen and oxygen atoms in total. The van der Waals surface area contributed by atoms with Gasteiger partial charge in [0.25, 0.3) is 0 Å². The second kappa shape index (κ2) is 9.20. The highest BCUT2D eigenvalue weighted by Gasteiger charge is 2.35. The molecule has 1 saturated carbocycles. The van der Waals surface area contributed by atoms with E-state index < -0.39 is 0 Å². The maximum atomic E-state index is 12.9. The Morgan fingerprint density at radius 2 is 1.74 bits per heavy atom. The highest BCUT2D eigenvalue weighted by atomic mass is 16.2. The summed E-state index contributed by atoms with van der Waals surface area (Å²) in [6.07, 6.45) is 10.3. The molecule has 148 valence electrons. The summed E-state index contributed by atoms with van der Waals surface area (Å²) >= 11 is 0. The Bertz CT molecular complexity index is 591. The molecule has 1 aliphatic carbocycles. The first-order valence-corrected chi connectivity index (χ1v) is 11.1. The molecule has 2 saturated heterocycles. The molecular weight excluding hydrogens is 334 g/mol. The normalized spacial score (nSPS) is 28.3. The van der Waals surface area contributed by atoms with Crippen LogP contribution in [0, 0.1) is 11.8 Å². The van der Waals surface area contributed by atoms with Crippen LogP contribution in [0.1, 0.15) is 63.0 Å². The molecule has 1 aromatic rings. The lowest BCUT2D eigenvalue weighted by Crippen LogP contribution is -2.47. The molecule has 2 N–H and O–H groups in total. The summed E-state index contributed by atoms with van der Waals surface area (Å²) in [5.41, 5.74) is 1.23. The van der Waals surface area contributed by atoms with Crippen molar-refractivity contribution in [2.45, 2.75) is 63.5 Å². The smallest absolute Gasteiger partial charge is 0.225 e. The van der Waals surface area contributed by atoms with Gasteiger partial charge in [0.2, 0.25) is 5.91 Å². The summed E-state index contributed by atoms with van der Waals surface area (Å²) in [6, 6.07) is 10.9. The molecule has 2 aliphatic heterocycles. The van der Waals surface area contributed by atoms with Crippen molar-refractivity contribution in [2.75, 3.05) is 26.2 Å². The number of amides is 1. The Hall–Kier alpha value is -1.39. The zero-order valence-electron chi connectivity index (χ0n) is 16.5. The van der Waals surface area contributed by atoms with Crippen molar-refractivity contribution in [3.8, 4) is 0 Å². The van der Waals surface area contributed by atoms with Crippen molar-refractivity contribution in [2.24, 2.45) is 11.8 Å². The van der Waals surface area contributed by atoms with Crippen molar-refractivity contribution in [3.05, 3.63) is 35.9 Å². The van der Waals surface area contributed by atoms with E-state index in [1.54, 1.807) is 0 Å². The van der Waals surface area contributed by atoms with Crippen molar-refractivity contribution >= 4 is 5.91 Å². The highest BCUT2D eigenvalue weighted by Crippen LogP contribution is 2.30. The number of piperidine rings is 1. The second-order valence-corrected chi connectivity index (χ2v) is 8.83. The number of nitrogens with one attached hydrogen (secondary N) is 2. The van der Waals surface area contributed by atoms with Gasteiger partial charge >= 0.3 is 0 Å². The fourth-order valence-electron chi connectivity index (χ4n) is 5.30. The van der Waals surface area contributed by atoms with E-state index in [9.17, 15) is 4.79 Å². The number of rotatable bonds is 5. The first-order chi connectivity index (χ1) is 13.3. The summed E-state index contributed by atoms with van der Waals surface area (Å²) < 4.78 is 0. The van der Waals surface area contributed by atoms with E-state index in [-0.39, 0.29) is 17.9 Å². The predicted octanol–water partition coefficient (Wildman–Crippen LogP) is 3.50. The summed E-state index contributed by atoms with van der Waals surface area (Å²) in [5.74, 6) is 1.23. The maximum Gasteiger partial charge on any atom is 0.225 e. The Morgan fingerprint density at radius 3 is 2.48 bits per heavy atom. The van der Waals surface area contributed by atoms with Crippen LogP contribution >= 0.6 is 0 Å². The molecular formula is C23H35N3O. The number of nitrogens with zero attached hydrogens (tertiary/aromatic N) is 1. The fraction of sp³-hybridized carbons (Fsp3) is 0.696. The third-order valence-electron chi connectivity index (χ3n) is 6.89.